The minimum Gasteiger partial charge on any atom is -0.0885 e. The van der Waals surface area contributed by atoms with E-state index < -0.39 is 0 Å². The molecule has 0 heterocycles. The van der Waals surface area contributed by atoms with Crippen LogP contribution in [0, 0.1) is 5.41 Å². The van der Waals surface area contributed by atoms with Crippen LogP contribution in [-0.2, 0) is 0 Å². The largest absolute Gasteiger partial charge is 0.0885 e. The molecular formula is C26H42. The van der Waals surface area contributed by atoms with Crippen molar-refractivity contribution in [1.82, 2.24) is 0 Å². The van der Waals surface area contributed by atoms with Gasteiger partial charge in [0.25, 0.3) is 0 Å². The van der Waals surface area contributed by atoms with Gasteiger partial charge in [-0.3, -0.25) is 0 Å². The first-order valence-corrected chi connectivity index (χ1v) is 10.5. The highest BCUT2D eigenvalue weighted by molar-refractivity contribution is 5.01. The lowest BCUT2D eigenvalue weighted by molar-refractivity contribution is 0.367. The number of allylic oxidation sites excluding steroid dienone is 12. The van der Waals surface area contributed by atoms with E-state index in [1.807, 2.05) is 0 Å². The molecule has 0 aromatic carbocycles. The summed E-state index contributed by atoms with van der Waals surface area (Å²) in [6.07, 6.45) is 37.2. The predicted molar refractivity (Wildman–Crippen MR) is 122 cm³/mol. The highest BCUT2D eigenvalue weighted by Gasteiger charge is 2.07. The van der Waals surface area contributed by atoms with Gasteiger partial charge in [-0.15, -0.1) is 0 Å². The summed E-state index contributed by atoms with van der Waals surface area (Å²) >= 11 is 0. The second kappa shape index (κ2) is 18.2. The van der Waals surface area contributed by atoms with Crippen LogP contribution in [-0.4, -0.2) is 0 Å². The lowest BCUT2D eigenvalue weighted by atomic mass is 9.90. The van der Waals surface area contributed by atoms with E-state index in [4.69, 9.17) is 0 Å². The summed E-state index contributed by atoms with van der Waals surface area (Å²) < 4.78 is 0. The normalized spacial score (nSPS) is 13.8. The van der Waals surface area contributed by atoms with Crippen LogP contribution in [0.4, 0.5) is 0 Å². The lowest BCUT2D eigenvalue weighted by Crippen LogP contribution is -2.03. The molecule has 0 saturated carbocycles. The first-order chi connectivity index (χ1) is 12.6. The van der Waals surface area contributed by atoms with Crippen molar-refractivity contribution in [2.24, 2.45) is 5.41 Å². The summed E-state index contributed by atoms with van der Waals surface area (Å²) in [7, 11) is 0. The molecule has 0 atom stereocenters. The summed E-state index contributed by atoms with van der Waals surface area (Å²) in [5.41, 5.74) is 0.470. The van der Waals surface area contributed by atoms with Gasteiger partial charge in [0.2, 0.25) is 0 Å². The van der Waals surface area contributed by atoms with E-state index in [0.717, 1.165) is 38.5 Å². The third-order valence-corrected chi connectivity index (χ3v) is 3.89. The number of hydrogen-bond acceptors (Lipinski definition) is 0. The van der Waals surface area contributed by atoms with Gasteiger partial charge >= 0.3 is 0 Å². The highest BCUT2D eigenvalue weighted by Crippen LogP contribution is 2.21. The van der Waals surface area contributed by atoms with Crippen molar-refractivity contribution in [1.29, 1.82) is 0 Å². The number of unbranched alkanes of at least 4 members (excludes halogenated alkanes) is 1. The van der Waals surface area contributed by atoms with E-state index in [9.17, 15) is 0 Å². The molecular weight excluding hydrogens is 312 g/mol. The van der Waals surface area contributed by atoms with E-state index in [0.29, 0.717) is 5.41 Å². The molecule has 0 bridgehead atoms. The van der Waals surface area contributed by atoms with Gasteiger partial charge in [-0.1, -0.05) is 101 Å². The van der Waals surface area contributed by atoms with Gasteiger partial charge < -0.3 is 0 Å². The molecule has 0 heteroatoms. The van der Waals surface area contributed by atoms with Crippen molar-refractivity contribution >= 4 is 0 Å². The summed E-state index contributed by atoms with van der Waals surface area (Å²) in [5.74, 6) is 0. The standard InChI is InChI=1S/C26H42/c1-5-6-7-8-9-10-11-12-13-14-15-16-17-18-19-20-21-22-23-24-25-26(2,3)4/h6-7,9-10,12-13,15-16,18-19,21-22H,5,8,11,14,17,20,23-25H2,1-4H3/b7-6-,10-9-,13-12-,16-15-,19-18-,22-21-. The third kappa shape index (κ3) is 22.4. The van der Waals surface area contributed by atoms with Gasteiger partial charge in [-0.05, 0) is 63.2 Å². The van der Waals surface area contributed by atoms with Gasteiger partial charge in [0, 0.05) is 0 Å². The molecule has 0 aliphatic rings. The Hall–Kier alpha value is -1.56. The second-order valence-corrected chi connectivity index (χ2v) is 7.87. The first kappa shape index (κ1) is 24.4. The van der Waals surface area contributed by atoms with Crippen molar-refractivity contribution in [2.75, 3.05) is 0 Å². The molecule has 0 spiro atoms. The Balaban J connectivity index is 3.53. The molecule has 26 heavy (non-hydrogen) atoms. The van der Waals surface area contributed by atoms with Crippen molar-refractivity contribution < 1.29 is 0 Å². The van der Waals surface area contributed by atoms with Crippen LogP contribution in [0.15, 0.2) is 72.9 Å². The van der Waals surface area contributed by atoms with Crippen LogP contribution in [0.25, 0.3) is 0 Å². The van der Waals surface area contributed by atoms with Crippen molar-refractivity contribution in [3.63, 3.8) is 0 Å². The Kier molecular flexibility index (Phi) is 17.1. The molecule has 0 nitrogen and oxygen atoms in total. The molecule has 0 N–H and O–H groups in total. The van der Waals surface area contributed by atoms with Crippen molar-refractivity contribution in [2.45, 2.75) is 85.5 Å². The monoisotopic (exact) mass is 354 g/mol. The topological polar surface area (TPSA) is 0 Å². The summed E-state index contributed by atoms with van der Waals surface area (Å²) in [6.45, 7) is 9.10. The molecule has 0 unspecified atom stereocenters. The SMILES string of the molecule is CC/C=C\C/C=C\C/C=C\C/C=C\C/C=C\C/C=C\CCCC(C)(C)C. The molecule has 0 aromatic heterocycles. The summed E-state index contributed by atoms with van der Waals surface area (Å²) in [6, 6.07) is 0. The molecule has 0 saturated heterocycles. The zero-order valence-electron chi connectivity index (χ0n) is 17.8. The second-order valence-electron chi connectivity index (χ2n) is 7.87. The van der Waals surface area contributed by atoms with E-state index in [2.05, 4.69) is 101 Å². The zero-order valence-corrected chi connectivity index (χ0v) is 17.8. The van der Waals surface area contributed by atoms with E-state index in [-0.39, 0.29) is 0 Å². The number of hydrogen-bond donors (Lipinski definition) is 0. The Morgan fingerprint density at radius 3 is 1.19 bits per heavy atom. The first-order valence-electron chi connectivity index (χ1n) is 10.5. The van der Waals surface area contributed by atoms with E-state index >= 15 is 0 Å². The molecule has 0 amide bonds. The fraction of sp³-hybridized carbons (Fsp3) is 0.538. The average molecular weight is 355 g/mol. The van der Waals surface area contributed by atoms with E-state index in [1.54, 1.807) is 0 Å². The maximum absolute atomic E-state index is 2.32. The van der Waals surface area contributed by atoms with Crippen LogP contribution in [0.2, 0.25) is 0 Å². The summed E-state index contributed by atoms with van der Waals surface area (Å²) in [4.78, 5) is 0. The quantitative estimate of drug-likeness (QED) is 0.216. The highest BCUT2D eigenvalue weighted by atomic mass is 14.1. The predicted octanol–water partition coefficient (Wildman–Crippen LogP) is 8.90. The zero-order chi connectivity index (χ0) is 19.3. The minimum atomic E-state index is 0.470. The number of rotatable bonds is 14. The fourth-order valence-electron chi connectivity index (χ4n) is 2.39. The third-order valence-electron chi connectivity index (χ3n) is 3.89. The Morgan fingerprint density at radius 2 is 0.846 bits per heavy atom. The Bertz CT molecular complexity index is 461. The maximum Gasteiger partial charge on any atom is -0.0169 e. The molecule has 0 fully saturated rings. The van der Waals surface area contributed by atoms with Gasteiger partial charge in [-0.25, -0.2) is 0 Å². The Morgan fingerprint density at radius 1 is 0.500 bits per heavy atom. The van der Waals surface area contributed by atoms with Crippen LogP contribution >= 0.6 is 0 Å². The van der Waals surface area contributed by atoms with Crippen LogP contribution in [0.3, 0.4) is 0 Å². The summed E-state index contributed by atoms with van der Waals surface area (Å²) in [5, 5.41) is 0. The molecule has 146 valence electrons. The van der Waals surface area contributed by atoms with E-state index in [1.165, 1.54) is 19.3 Å². The van der Waals surface area contributed by atoms with Crippen LogP contribution in [0.1, 0.15) is 85.5 Å². The van der Waals surface area contributed by atoms with Crippen molar-refractivity contribution in [3.8, 4) is 0 Å². The lowest BCUT2D eigenvalue weighted by Gasteiger charge is -2.16. The maximum atomic E-state index is 2.32. The smallest absolute Gasteiger partial charge is 0.0169 e. The molecule has 0 aromatic rings. The van der Waals surface area contributed by atoms with Gasteiger partial charge in [0.05, 0.1) is 0 Å². The molecule has 0 aliphatic carbocycles. The Labute approximate surface area is 164 Å². The molecule has 0 rings (SSSR count). The fourth-order valence-corrected chi connectivity index (χ4v) is 2.39. The van der Waals surface area contributed by atoms with Gasteiger partial charge in [-0.2, -0.15) is 0 Å². The van der Waals surface area contributed by atoms with Gasteiger partial charge in [0.15, 0.2) is 0 Å². The van der Waals surface area contributed by atoms with Crippen LogP contribution < -0.4 is 0 Å². The average Bonchev–Trinajstić information content (AvgIpc) is 2.59. The van der Waals surface area contributed by atoms with Gasteiger partial charge in [0.1, 0.15) is 0 Å². The van der Waals surface area contributed by atoms with Crippen molar-refractivity contribution in [3.05, 3.63) is 72.9 Å². The van der Waals surface area contributed by atoms with Crippen LogP contribution in [0.5, 0.6) is 0 Å². The minimum absolute atomic E-state index is 0.470. The molecule has 0 radical (unpaired) electrons. The molecule has 0 aliphatic heterocycles.